The highest BCUT2D eigenvalue weighted by atomic mass is 16.5. The average molecular weight is 290 g/mol. The topological polar surface area (TPSA) is 99.1 Å². The van der Waals surface area contributed by atoms with E-state index in [4.69, 9.17) is 9.84 Å². The van der Waals surface area contributed by atoms with Gasteiger partial charge in [-0.2, -0.15) is 0 Å². The molecule has 2 unspecified atom stereocenters. The normalized spacial score (nSPS) is 15.2. The van der Waals surface area contributed by atoms with Crippen LogP contribution in [0.25, 0.3) is 0 Å². The maximum Gasteiger partial charge on any atom is 0.317 e. The molecule has 2 amide bonds. The van der Waals surface area contributed by atoms with Crippen molar-refractivity contribution in [1.29, 1.82) is 0 Å². The molecule has 7 heteroatoms. The largest absolute Gasteiger partial charge is 0.481 e. The molecule has 3 N–H and O–H groups in total. The summed E-state index contributed by atoms with van der Waals surface area (Å²) >= 11 is 0. The summed E-state index contributed by atoms with van der Waals surface area (Å²) < 4.78 is 4.97. The van der Waals surface area contributed by atoms with Crippen molar-refractivity contribution < 1.29 is 24.5 Å². The van der Waals surface area contributed by atoms with E-state index in [1.807, 2.05) is 13.8 Å². The molecular weight excluding hydrogens is 264 g/mol. The number of carbonyl (C=O) groups excluding carboxylic acids is 1. The van der Waals surface area contributed by atoms with Gasteiger partial charge in [0.05, 0.1) is 18.6 Å². The first kappa shape index (κ1) is 18.7. The standard InChI is InChI=1S/C13H26N2O5/c1-5-10(2)15(6-7-20-4)12(18)14-9-13(3,19)8-11(16)17/h10,19H,5-9H2,1-4H3,(H,14,18)(H,16,17). The van der Waals surface area contributed by atoms with Gasteiger partial charge in [-0.25, -0.2) is 4.79 Å². The summed E-state index contributed by atoms with van der Waals surface area (Å²) in [7, 11) is 1.56. The second-order valence-electron chi connectivity index (χ2n) is 5.17. The monoisotopic (exact) mass is 290 g/mol. The maximum atomic E-state index is 12.1. The number of ether oxygens (including phenoxy) is 1. The highest BCUT2D eigenvalue weighted by Crippen LogP contribution is 2.09. The summed E-state index contributed by atoms with van der Waals surface area (Å²) in [6.07, 6.45) is 0.372. The van der Waals surface area contributed by atoms with Crippen LogP contribution in [-0.2, 0) is 9.53 Å². The van der Waals surface area contributed by atoms with Crippen LogP contribution in [0.15, 0.2) is 0 Å². The number of carboxylic acids is 1. The smallest absolute Gasteiger partial charge is 0.317 e. The van der Waals surface area contributed by atoms with Crippen LogP contribution in [0.5, 0.6) is 0 Å². The molecule has 0 rings (SSSR count). The molecule has 0 saturated carbocycles. The maximum absolute atomic E-state index is 12.1. The number of hydrogen-bond acceptors (Lipinski definition) is 4. The number of amides is 2. The summed E-state index contributed by atoms with van der Waals surface area (Å²) in [5.41, 5.74) is -1.47. The molecule has 0 bridgehead atoms. The molecule has 0 saturated heterocycles. The van der Waals surface area contributed by atoms with Crippen molar-refractivity contribution in [3.63, 3.8) is 0 Å². The first-order valence-electron chi connectivity index (χ1n) is 6.71. The molecule has 0 aromatic carbocycles. The van der Waals surface area contributed by atoms with Gasteiger partial charge in [0.15, 0.2) is 0 Å². The Labute approximate surface area is 119 Å². The van der Waals surface area contributed by atoms with Crippen molar-refractivity contribution in [3.8, 4) is 0 Å². The molecule has 0 fully saturated rings. The van der Waals surface area contributed by atoms with Gasteiger partial charge in [0.25, 0.3) is 0 Å². The van der Waals surface area contributed by atoms with Crippen LogP contribution >= 0.6 is 0 Å². The number of aliphatic carboxylic acids is 1. The SMILES string of the molecule is CCC(C)N(CCOC)C(=O)NCC(C)(O)CC(=O)O. The lowest BCUT2D eigenvalue weighted by Crippen LogP contribution is -2.50. The summed E-state index contributed by atoms with van der Waals surface area (Å²) in [6.45, 7) is 6.02. The van der Waals surface area contributed by atoms with Crippen molar-refractivity contribution in [3.05, 3.63) is 0 Å². The van der Waals surface area contributed by atoms with E-state index in [1.165, 1.54) is 6.92 Å². The summed E-state index contributed by atoms with van der Waals surface area (Å²) in [5.74, 6) is -1.11. The van der Waals surface area contributed by atoms with Crippen molar-refractivity contribution in [2.45, 2.75) is 45.3 Å². The summed E-state index contributed by atoms with van der Waals surface area (Å²) in [6, 6.07) is -0.295. The van der Waals surface area contributed by atoms with Gasteiger partial charge >= 0.3 is 12.0 Å². The van der Waals surface area contributed by atoms with E-state index in [0.717, 1.165) is 6.42 Å². The zero-order valence-corrected chi connectivity index (χ0v) is 12.7. The van der Waals surface area contributed by atoms with E-state index in [1.54, 1.807) is 12.0 Å². The summed E-state index contributed by atoms with van der Waals surface area (Å²) in [5, 5.41) is 21.1. The number of aliphatic hydroxyl groups is 1. The molecule has 0 aliphatic heterocycles. The number of rotatable bonds is 9. The van der Waals surface area contributed by atoms with Crippen molar-refractivity contribution in [2.24, 2.45) is 0 Å². The number of hydrogen-bond donors (Lipinski definition) is 3. The molecule has 0 aromatic rings. The minimum Gasteiger partial charge on any atom is -0.481 e. The van der Waals surface area contributed by atoms with Crippen LogP contribution in [-0.4, -0.2) is 65.6 Å². The number of urea groups is 1. The highest BCUT2D eigenvalue weighted by Gasteiger charge is 2.26. The van der Waals surface area contributed by atoms with E-state index >= 15 is 0 Å². The lowest BCUT2D eigenvalue weighted by Gasteiger charge is -2.30. The van der Waals surface area contributed by atoms with Gasteiger partial charge in [0.1, 0.15) is 0 Å². The number of carbonyl (C=O) groups is 2. The lowest BCUT2D eigenvalue weighted by molar-refractivity contribution is -0.141. The molecular formula is C13H26N2O5. The van der Waals surface area contributed by atoms with Crippen molar-refractivity contribution in [1.82, 2.24) is 10.2 Å². The van der Waals surface area contributed by atoms with E-state index in [9.17, 15) is 14.7 Å². The fourth-order valence-electron chi connectivity index (χ4n) is 1.69. The third-order valence-electron chi connectivity index (χ3n) is 3.07. The average Bonchev–Trinajstić information content (AvgIpc) is 2.35. The van der Waals surface area contributed by atoms with E-state index in [0.29, 0.717) is 13.2 Å². The third-order valence-corrected chi connectivity index (χ3v) is 3.07. The predicted octanol–water partition coefficient (Wildman–Crippen LogP) is 0.669. The predicted molar refractivity (Wildman–Crippen MR) is 74.6 cm³/mol. The second-order valence-corrected chi connectivity index (χ2v) is 5.17. The van der Waals surface area contributed by atoms with Crippen molar-refractivity contribution in [2.75, 3.05) is 26.8 Å². The van der Waals surface area contributed by atoms with E-state index in [2.05, 4.69) is 5.32 Å². The molecule has 0 aliphatic carbocycles. The van der Waals surface area contributed by atoms with Crippen LogP contribution in [0.1, 0.15) is 33.6 Å². The zero-order valence-electron chi connectivity index (χ0n) is 12.7. The first-order chi connectivity index (χ1) is 9.23. The highest BCUT2D eigenvalue weighted by molar-refractivity contribution is 5.75. The molecule has 7 nitrogen and oxygen atoms in total. The first-order valence-corrected chi connectivity index (χ1v) is 6.71. The molecule has 0 spiro atoms. The Hall–Kier alpha value is -1.34. The van der Waals surface area contributed by atoms with Crippen LogP contribution in [0.2, 0.25) is 0 Å². The van der Waals surface area contributed by atoms with Gasteiger partial charge in [-0.1, -0.05) is 6.92 Å². The molecule has 0 aromatic heterocycles. The Morgan fingerprint density at radius 3 is 2.50 bits per heavy atom. The Balaban J connectivity index is 4.48. The molecule has 118 valence electrons. The zero-order chi connectivity index (χ0) is 15.8. The number of nitrogens with one attached hydrogen (secondary N) is 1. The Kier molecular flexibility index (Phi) is 8.17. The minimum atomic E-state index is -1.47. The fraction of sp³-hybridized carbons (Fsp3) is 0.846. The molecule has 0 aliphatic rings. The number of methoxy groups -OCH3 is 1. The molecule has 0 heterocycles. The second kappa shape index (κ2) is 8.76. The molecule has 20 heavy (non-hydrogen) atoms. The molecule has 2 atom stereocenters. The molecule has 0 radical (unpaired) electrons. The van der Waals surface area contributed by atoms with Crippen LogP contribution in [0.4, 0.5) is 4.79 Å². The lowest BCUT2D eigenvalue weighted by atomic mass is 10.0. The Morgan fingerprint density at radius 1 is 1.45 bits per heavy atom. The minimum absolute atomic E-state index is 0.0366. The number of carboxylic acid groups (broad SMARTS) is 1. The van der Waals surface area contributed by atoms with Crippen LogP contribution in [0, 0.1) is 0 Å². The van der Waals surface area contributed by atoms with Crippen LogP contribution < -0.4 is 5.32 Å². The fourth-order valence-corrected chi connectivity index (χ4v) is 1.69. The van der Waals surface area contributed by atoms with Gasteiger partial charge < -0.3 is 25.2 Å². The van der Waals surface area contributed by atoms with Gasteiger partial charge in [-0.05, 0) is 20.3 Å². The Bertz CT molecular complexity index is 320. The third kappa shape index (κ3) is 7.30. The summed E-state index contributed by atoms with van der Waals surface area (Å²) in [4.78, 5) is 24.3. The van der Waals surface area contributed by atoms with E-state index in [-0.39, 0.29) is 18.6 Å². The van der Waals surface area contributed by atoms with Crippen molar-refractivity contribution >= 4 is 12.0 Å². The van der Waals surface area contributed by atoms with E-state index < -0.39 is 18.0 Å². The van der Waals surface area contributed by atoms with Gasteiger partial charge in [0, 0.05) is 26.2 Å². The van der Waals surface area contributed by atoms with Crippen LogP contribution in [0.3, 0.4) is 0 Å². The quantitative estimate of drug-likeness (QED) is 0.579. The van der Waals surface area contributed by atoms with Gasteiger partial charge in [-0.3, -0.25) is 4.79 Å². The van der Waals surface area contributed by atoms with Gasteiger partial charge in [0.2, 0.25) is 0 Å². The van der Waals surface area contributed by atoms with Gasteiger partial charge in [-0.15, -0.1) is 0 Å². The number of nitrogens with zero attached hydrogens (tertiary/aromatic N) is 1. The Morgan fingerprint density at radius 2 is 2.05 bits per heavy atom.